The van der Waals surface area contributed by atoms with Gasteiger partial charge in [-0.15, -0.1) is 11.3 Å². The largest absolute Gasteiger partial charge is 0.298 e. The highest BCUT2D eigenvalue weighted by Crippen LogP contribution is 2.33. The molecule has 0 atom stereocenters. The van der Waals surface area contributed by atoms with Crippen LogP contribution in [0.5, 0.6) is 0 Å². The molecular formula is C18H12ClN3OS. The lowest BCUT2D eigenvalue weighted by molar-refractivity contribution is 0.102. The zero-order valence-electron chi connectivity index (χ0n) is 12.5. The van der Waals surface area contributed by atoms with E-state index >= 15 is 0 Å². The SMILES string of the molecule is O=C(Nc1nccs1)c1cccc2c1N=C(c1cccc(Cl)c1)C2. The van der Waals surface area contributed by atoms with Crippen molar-refractivity contribution in [2.24, 2.45) is 4.99 Å². The minimum Gasteiger partial charge on any atom is -0.298 e. The van der Waals surface area contributed by atoms with E-state index in [1.54, 1.807) is 12.3 Å². The Labute approximate surface area is 147 Å². The molecule has 0 unspecified atom stereocenters. The van der Waals surface area contributed by atoms with E-state index in [-0.39, 0.29) is 5.91 Å². The molecule has 118 valence electrons. The molecule has 1 aliphatic heterocycles. The van der Waals surface area contributed by atoms with E-state index in [0.29, 0.717) is 22.1 Å². The Kier molecular flexibility index (Phi) is 3.88. The zero-order chi connectivity index (χ0) is 16.5. The molecule has 4 nitrogen and oxygen atoms in total. The van der Waals surface area contributed by atoms with Crippen molar-refractivity contribution >= 4 is 45.4 Å². The summed E-state index contributed by atoms with van der Waals surface area (Å²) in [5.41, 5.74) is 4.21. The van der Waals surface area contributed by atoms with Gasteiger partial charge >= 0.3 is 0 Å². The molecule has 2 aromatic carbocycles. The first kappa shape index (κ1) is 15.1. The van der Waals surface area contributed by atoms with Crippen LogP contribution in [0, 0.1) is 0 Å². The van der Waals surface area contributed by atoms with Crippen molar-refractivity contribution in [3.8, 4) is 0 Å². The van der Waals surface area contributed by atoms with Crippen molar-refractivity contribution in [2.75, 3.05) is 5.32 Å². The molecular weight excluding hydrogens is 342 g/mol. The van der Waals surface area contributed by atoms with Crippen LogP contribution in [-0.4, -0.2) is 16.6 Å². The second-order valence-electron chi connectivity index (χ2n) is 5.35. The first-order valence-electron chi connectivity index (χ1n) is 7.37. The number of benzene rings is 2. The Morgan fingerprint density at radius 2 is 2.08 bits per heavy atom. The van der Waals surface area contributed by atoms with Crippen molar-refractivity contribution in [2.45, 2.75) is 6.42 Å². The van der Waals surface area contributed by atoms with Gasteiger partial charge in [0.1, 0.15) is 0 Å². The number of thiazole rings is 1. The van der Waals surface area contributed by atoms with Gasteiger partial charge in [0.2, 0.25) is 0 Å². The molecule has 3 aromatic rings. The van der Waals surface area contributed by atoms with Crippen LogP contribution in [0.3, 0.4) is 0 Å². The molecule has 2 heterocycles. The first-order valence-corrected chi connectivity index (χ1v) is 8.63. The van der Waals surface area contributed by atoms with Crippen molar-refractivity contribution in [3.63, 3.8) is 0 Å². The second kappa shape index (κ2) is 6.19. The van der Waals surface area contributed by atoms with Crippen LogP contribution in [-0.2, 0) is 6.42 Å². The van der Waals surface area contributed by atoms with Crippen molar-refractivity contribution < 1.29 is 4.79 Å². The van der Waals surface area contributed by atoms with Crippen molar-refractivity contribution in [1.82, 2.24) is 4.98 Å². The Balaban J connectivity index is 1.68. The number of carbonyl (C=O) groups excluding carboxylic acids is 1. The van der Waals surface area contributed by atoms with Crippen LogP contribution in [0.1, 0.15) is 21.5 Å². The fourth-order valence-corrected chi connectivity index (χ4v) is 3.40. The first-order chi connectivity index (χ1) is 11.7. The van der Waals surface area contributed by atoms with E-state index in [9.17, 15) is 4.79 Å². The van der Waals surface area contributed by atoms with Gasteiger partial charge in [-0.05, 0) is 29.3 Å². The molecule has 1 N–H and O–H groups in total. The van der Waals surface area contributed by atoms with Crippen LogP contribution in [0.15, 0.2) is 59.0 Å². The van der Waals surface area contributed by atoms with Gasteiger partial charge in [0, 0.05) is 23.0 Å². The van der Waals surface area contributed by atoms with E-state index < -0.39 is 0 Å². The molecule has 1 aromatic heterocycles. The summed E-state index contributed by atoms with van der Waals surface area (Å²) in [4.78, 5) is 21.3. The van der Waals surface area contributed by atoms with Gasteiger partial charge in [-0.1, -0.05) is 35.9 Å². The molecule has 0 saturated heterocycles. The average Bonchev–Trinajstić information content (AvgIpc) is 3.23. The van der Waals surface area contributed by atoms with Gasteiger partial charge in [-0.2, -0.15) is 0 Å². The Bertz CT molecular complexity index is 951. The maximum atomic E-state index is 12.5. The van der Waals surface area contributed by atoms with Crippen LogP contribution >= 0.6 is 22.9 Å². The summed E-state index contributed by atoms with van der Waals surface area (Å²) in [6.45, 7) is 0. The average molecular weight is 354 g/mol. The predicted octanol–water partition coefficient (Wildman–Crippen LogP) is 4.73. The van der Waals surface area contributed by atoms with Gasteiger partial charge in [-0.25, -0.2) is 4.98 Å². The van der Waals surface area contributed by atoms with Crippen molar-refractivity contribution in [1.29, 1.82) is 0 Å². The summed E-state index contributed by atoms with van der Waals surface area (Å²) in [5, 5.41) is 5.88. The molecule has 0 radical (unpaired) electrons. The maximum absolute atomic E-state index is 12.5. The Morgan fingerprint density at radius 3 is 2.88 bits per heavy atom. The lowest BCUT2D eigenvalue weighted by Crippen LogP contribution is -2.11. The van der Waals surface area contributed by atoms with E-state index in [2.05, 4.69) is 10.3 Å². The minimum absolute atomic E-state index is 0.196. The summed E-state index contributed by atoms with van der Waals surface area (Å²) in [7, 11) is 0. The Hall–Kier alpha value is -2.50. The number of nitrogens with zero attached hydrogens (tertiary/aromatic N) is 2. The molecule has 0 bridgehead atoms. The highest BCUT2D eigenvalue weighted by atomic mass is 35.5. The third-order valence-electron chi connectivity index (χ3n) is 3.78. The summed E-state index contributed by atoms with van der Waals surface area (Å²) >= 11 is 7.46. The number of aromatic nitrogens is 1. The van der Waals surface area contributed by atoms with Gasteiger partial charge in [0.05, 0.1) is 17.0 Å². The number of nitrogens with one attached hydrogen (secondary N) is 1. The van der Waals surface area contributed by atoms with Gasteiger partial charge in [0.25, 0.3) is 5.91 Å². The normalized spacial score (nSPS) is 12.6. The summed E-state index contributed by atoms with van der Waals surface area (Å²) in [5.74, 6) is -0.196. The third-order valence-corrected chi connectivity index (χ3v) is 4.70. The van der Waals surface area contributed by atoms with Crippen LogP contribution < -0.4 is 5.32 Å². The van der Waals surface area contributed by atoms with E-state index in [1.807, 2.05) is 41.8 Å². The number of fused-ring (bicyclic) bond motifs is 1. The fourth-order valence-electron chi connectivity index (χ4n) is 2.69. The summed E-state index contributed by atoms with van der Waals surface area (Å²) < 4.78 is 0. The van der Waals surface area contributed by atoms with Crippen LogP contribution in [0.4, 0.5) is 10.8 Å². The van der Waals surface area contributed by atoms with E-state index in [4.69, 9.17) is 16.6 Å². The number of hydrogen-bond acceptors (Lipinski definition) is 4. The molecule has 0 saturated carbocycles. The third kappa shape index (κ3) is 2.84. The van der Waals surface area contributed by atoms with Crippen LogP contribution in [0.25, 0.3) is 0 Å². The topological polar surface area (TPSA) is 54.4 Å². The lowest BCUT2D eigenvalue weighted by Gasteiger charge is -2.05. The van der Waals surface area contributed by atoms with Crippen molar-refractivity contribution in [3.05, 3.63) is 75.8 Å². The number of carbonyl (C=O) groups is 1. The molecule has 24 heavy (non-hydrogen) atoms. The number of rotatable bonds is 3. The van der Waals surface area contributed by atoms with E-state index in [0.717, 1.165) is 22.5 Å². The molecule has 1 amide bonds. The molecule has 4 rings (SSSR count). The highest BCUT2D eigenvalue weighted by Gasteiger charge is 2.22. The molecule has 0 aliphatic carbocycles. The molecule has 0 fully saturated rings. The lowest BCUT2D eigenvalue weighted by atomic mass is 10.0. The molecule has 6 heteroatoms. The second-order valence-corrected chi connectivity index (χ2v) is 6.68. The zero-order valence-corrected chi connectivity index (χ0v) is 14.1. The smallest absolute Gasteiger partial charge is 0.259 e. The minimum atomic E-state index is -0.196. The number of halogens is 1. The van der Waals surface area contributed by atoms with Gasteiger partial charge < -0.3 is 0 Å². The Morgan fingerprint density at radius 1 is 1.21 bits per heavy atom. The quantitative estimate of drug-likeness (QED) is 0.740. The van der Waals surface area contributed by atoms with Crippen LogP contribution in [0.2, 0.25) is 5.02 Å². The number of amides is 1. The fraction of sp³-hybridized carbons (Fsp3) is 0.0556. The predicted molar refractivity (Wildman–Crippen MR) is 97.9 cm³/mol. The summed E-state index contributed by atoms with van der Waals surface area (Å²) in [6.07, 6.45) is 2.35. The van der Waals surface area contributed by atoms with Gasteiger partial charge in [-0.3, -0.25) is 15.1 Å². The monoisotopic (exact) mass is 353 g/mol. The number of hydrogen-bond donors (Lipinski definition) is 1. The number of anilines is 1. The molecule has 1 aliphatic rings. The standard InChI is InChI=1S/C18H12ClN3OS/c19-13-5-1-3-11(9-13)15-10-12-4-2-6-14(16(12)21-15)17(23)22-18-20-7-8-24-18/h1-9H,10H2,(H,20,22,23). The number of para-hydroxylation sites is 1. The van der Waals surface area contributed by atoms with Gasteiger partial charge in [0.15, 0.2) is 5.13 Å². The highest BCUT2D eigenvalue weighted by molar-refractivity contribution is 7.13. The summed E-state index contributed by atoms with van der Waals surface area (Å²) in [6, 6.07) is 13.3. The van der Waals surface area contributed by atoms with E-state index in [1.165, 1.54) is 11.3 Å². The molecule has 0 spiro atoms. The maximum Gasteiger partial charge on any atom is 0.259 e. The number of aliphatic imine (C=N–C) groups is 1.